The van der Waals surface area contributed by atoms with Crippen LogP contribution in [-0.4, -0.2) is 21.9 Å². The van der Waals surface area contributed by atoms with Crippen molar-refractivity contribution in [2.45, 2.75) is 39.4 Å². The minimum atomic E-state index is -0.964. The fraction of sp³-hybridized carbons (Fsp3) is 1.00. The molecule has 0 rings (SSSR count). The Morgan fingerprint density at radius 1 is 1.22 bits per heavy atom. The first-order chi connectivity index (χ1) is 3.85. The Morgan fingerprint density at radius 2 is 1.56 bits per heavy atom. The van der Waals surface area contributed by atoms with Gasteiger partial charge in [-0.1, -0.05) is 13.8 Å². The van der Waals surface area contributed by atoms with Gasteiger partial charge in [0.15, 0.2) is 0 Å². The molecule has 2 nitrogen and oxygen atoms in total. The summed E-state index contributed by atoms with van der Waals surface area (Å²) in [6.07, 6.45) is -0.627. The minimum absolute atomic E-state index is 0.116. The van der Waals surface area contributed by atoms with Gasteiger partial charge < -0.3 is 10.2 Å². The van der Waals surface area contributed by atoms with Crippen molar-refractivity contribution in [2.24, 2.45) is 5.92 Å². The van der Waals surface area contributed by atoms with E-state index in [0.29, 0.717) is 0 Å². The van der Waals surface area contributed by atoms with Crippen LogP contribution in [0.15, 0.2) is 0 Å². The Hall–Kier alpha value is -0.0800. The summed E-state index contributed by atoms with van der Waals surface area (Å²) < 4.78 is 0. The maximum Gasteiger partial charge on any atom is 0.0852 e. The second kappa shape index (κ2) is 2.67. The summed E-state index contributed by atoms with van der Waals surface area (Å²) in [6.45, 7) is 6.97. The topological polar surface area (TPSA) is 40.5 Å². The van der Waals surface area contributed by atoms with Gasteiger partial charge >= 0.3 is 0 Å². The van der Waals surface area contributed by atoms with Crippen LogP contribution >= 0.6 is 0 Å². The standard InChI is InChI=1S/C7H16O2/c1-5(2)6(8)7(3,4)9/h5-6,8-9H,1-4H3/t6-/m1/s1. The largest absolute Gasteiger partial charge is 0.390 e. The third-order valence-corrected chi connectivity index (χ3v) is 1.36. The fourth-order valence-electron chi connectivity index (χ4n) is 0.816. The molecule has 0 aromatic heterocycles. The van der Waals surface area contributed by atoms with Crippen molar-refractivity contribution in [1.82, 2.24) is 0 Å². The van der Waals surface area contributed by atoms with E-state index in [-0.39, 0.29) is 5.92 Å². The summed E-state index contributed by atoms with van der Waals surface area (Å²) in [7, 11) is 0. The normalized spacial score (nSPS) is 16.3. The molecule has 0 saturated carbocycles. The number of hydrogen-bond donors (Lipinski definition) is 2. The van der Waals surface area contributed by atoms with Gasteiger partial charge in [-0.25, -0.2) is 0 Å². The Bertz CT molecular complexity index is 81.4. The molecule has 0 fully saturated rings. The Labute approximate surface area is 56.5 Å². The molecule has 0 aliphatic heterocycles. The lowest BCUT2D eigenvalue weighted by atomic mass is 9.93. The second-order valence-electron chi connectivity index (χ2n) is 3.34. The third kappa shape index (κ3) is 2.82. The lowest BCUT2D eigenvalue weighted by molar-refractivity contribution is -0.0695. The van der Waals surface area contributed by atoms with Crippen LogP contribution < -0.4 is 0 Å². The van der Waals surface area contributed by atoms with E-state index < -0.39 is 11.7 Å². The first kappa shape index (κ1) is 8.92. The Balaban J connectivity index is 3.88. The van der Waals surface area contributed by atoms with Crippen LogP contribution in [-0.2, 0) is 0 Å². The zero-order chi connectivity index (χ0) is 7.65. The van der Waals surface area contributed by atoms with Crippen molar-refractivity contribution < 1.29 is 10.2 Å². The summed E-state index contributed by atoms with van der Waals surface area (Å²) in [5, 5.41) is 18.4. The highest BCUT2D eigenvalue weighted by molar-refractivity contribution is 4.78. The highest BCUT2D eigenvalue weighted by atomic mass is 16.3. The van der Waals surface area contributed by atoms with Gasteiger partial charge in [0.25, 0.3) is 0 Å². The minimum Gasteiger partial charge on any atom is -0.390 e. The molecule has 2 N–H and O–H groups in total. The van der Waals surface area contributed by atoms with Crippen molar-refractivity contribution in [1.29, 1.82) is 0 Å². The summed E-state index contributed by atoms with van der Waals surface area (Å²) in [5.41, 5.74) is -0.964. The molecular weight excluding hydrogens is 116 g/mol. The number of aliphatic hydroxyl groups excluding tert-OH is 1. The van der Waals surface area contributed by atoms with Gasteiger partial charge in [0, 0.05) is 0 Å². The van der Waals surface area contributed by atoms with E-state index in [1.165, 1.54) is 0 Å². The van der Waals surface area contributed by atoms with Gasteiger partial charge in [0.1, 0.15) is 0 Å². The van der Waals surface area contributed by atoms with Crippen LogP contribution in [0.2, 0.25) is 0 Å². The van der Waals surface area contributed by atoms with Gasteiger partial charge in [-0.3, -0.25) is 0 Å². The van der Waals surface area contributed by atoms with E-state index in [1.54, 1.807) is 13.8 Å². The van der Waals surface area contributed by atoms with Gasteiger partial charge in [0.2, 0.25) is 0 Å². The second-order valence-corrected chi connectivity index (χ2v) is 3.34. The highest BCUT2D eigenvalue weighted by Gasteiger charge is 2.26. The lowest BCUT2D eigenvalue weighted by Gasteiger charge is -2.27. The first-order valence-corrected chi connectivity index (χ1v) is 3.26. The molecule has 0 spiro atoms. The molecule has 0 aromatic carbocycles. The molecule has 0 radical (unpaired) electrons. The molecule has 56 valence electrons. The molecule has 9 heavy (non-hydrogen) atoms. The van der Waals surface area contributed by atoms with E-state index in [9.17, 15) is 10.2 Å². The average Bonchev–Trinajstić information content (AvgIpc) is 1.62. The van der Waals surface area contributed by atoms with Crippen LogP contribution in [0.4, 0.5) is 0 Å². The van der Waals surface area contributed by atoms with Crippen molar-refractivity contribution in [3.8, 4) is 0 Å². The van der Waals surface area contributed by atoms with Crippen molar-refractivity contribution in [3.05, 3.63) is 0 Å². The van der Waals surface area contributed by atoms with E-state index in [1.807, 2.05) is 13.8 Å². The van der Waals surface area contributed by atoms with Crippen molar-refractivity contribution in [3.63, 3.8) is 0 Å². The average molecular weight is 132 g/mol. The van der Waals surface area contributed by atoms with Crippen molar-refractivity contribution in [2.75, 3.05) is 0 Å². The number of hydrogen-bond acceptors (Lipinski definition) is 2. The van der Waals surface area contributed by atoms with Crippen LogP contribution in [0.25, 0.3) is 0 Å². The maximum atomic E-state index is 9.21. The summed E-state index contributed by atoms with van der Waals surface area (Å²) in [5.74, 6) is 0.116. The predicted octanol–water partition coefficient (Wildman–Crippen LogP) is 0.774. The molecule has 0 aliphatic rings. The van der Waals surface area contributed by atoms with Crippen LogP contribution in [0.5, 0.6) is 0 Å². The van der Waals surface area contributed by atoms with E-state index in [4.69, 9.17) is 0 Å². The maximum absolute atomic E-state index is 9.21. The van der Waals surface area contributed by atoms with E-state index in [2.05, 4.69) is 0 Å². The fourth-order valence-corrected chi connectivity index (χ4v) is 0.816. The van der Waals surface area contributed by atoms with E-state index in [0.717, 1.165) is 0 Å². The molecule has 0 amide bonds. The molecular formula is C7H16O2. The summed E-state index contributed by atoms with van der Waals surface area (Å²) in [4.78, 5) is 0. The monoisotopic (exact) mass is 132 g/mol. The van der Waals surface area contributed by atoms with Crippen LogP contribution in [0.1, 0.15) is 27.7 Å². The smallest absolute Gasteiger partial charge is 0.0852 e. The third-order valence-electron chi connectivity index (χ3n) is 1.36. The van der Waals surface area contributed by atoms with Gasteiger partial charge in [-0.15, -0.1) is 0 Å². The van der Waals surface area contributed by atoms with Gasteiger partial charge in [0.05, 0.1) is 11.7 Å². The highest BCUT2D eigenvalue weighted by Crippen LogP contribution is 2.15. The van der Waals surface area contributed by atoms with E-state index >= 15 is 0 Å². The zero-order valence-corrected chi connectivity index (χ0v) is 6.55. The van der Waals surface area contributed by atoms with Crippen LogP contribution in [0.3, 0.4) is 0 Å². The van der Waals surface area contributed by atoms with Gasteiger partial charge in [-0.2, -0.15) is 0 Å². The molecule has 0 unspecified atom stereocenters. The molecule has 0 heterocycles. The van der Waals surface area contributed by atoms with Gasteiger partial charge in [-0.05, 0) is 19.8 Å². The SMILES string of the molecule is CC(C)[C@@H](O)C(C)(C)O. The Morgan fingerprint density at radius 3 is 1.56 bits per heavy atom. The quantitative estimate of drug-likeness (QED) is 0.582. The lowest BCUT2D eigenvalue weighted by Crippen LogP contribution is -2.39. The predicted molar refractivity (Wildman–Crippen MR) is 37.1 cm³/mol. The summed E-state index contributed by atoms with van der Waals surface area (Å²) in [6, 6.07) is 0. The molecule has 0 saturated heterocycles. The first-order valence-electron chi connectivity index (χ1n) is 3.26. The molecule has 2 heteroatoms. The Kier molecular flexibility index (Phi) is 2.65. The number of rotatable bonds is 2. The molecule has 0 bridgehead atoms. The number of aliphatic hydroxyl groups is 2. The van der Waals surface area contributed by atoms with Crippen LogP contribution in [0, 0.1) is 5.92 Å². The van der Waals surface area contributed by atoms with Crippen molar-refractivity contribution >= 4 is 0 Å². The summed E-state index contributed by atoms with van der Waals surface area (Å²) >= 11 is 0. The zero-order valence-electron chi connectivity index (χ0n) is 6.55. The molecule has 1 atom stereocenters. The molecule has 0 aromatic rings. The molecule has 0 aliphatic carbocycles.